The van der Waals surface area contributed by atoms with Crippen LogP contribution in [0.4, 0.5) is 0 Å². The van der Waals surface area contributed by atoms with Gasteiger partial charge in [0.15, 0.2) is 0 Å². The van der Waals surface area contributed by atoms with Gasteiger partial charge in [0, 0.05) is 0 Å². The van der Waals surface area contributed by atoms with Gasteiger partial charge in [-0.1, -0.05) is 24.3 Å². The van der Waals surface area contributed by atoms with E-state index in [9.17, 15) is 4.79 Å². The summed E-state index contributed by atoms with van der Waals surface area (Å²) in [4.78, 5) is 10.7. The number of hydrogen-bond acceptors (Lipinski definition) is 2. The number of benzene rings is 2. The number of carboxylic acid groups (broad SMARTS) is 1. The second kappa shape index (κ2) is 4.91. The van der Waals surface area contributed by atoms with E-state index in [0.717, 1.165) is 25.7 Å². The van der Waals surface area contributed by atoms with Crippen LogP contribution < -0.4 is 4.74 Å². The molecule has 0 aromatic heterocycles. The monoisotopic (exact) mass is 342 g/mol. The standard InChI is InChI=1S/C13H11IO3/c1-17-11-5-3-9-6-8(7-12(15)16)2-4-10(9)13(11)14/h2-6H,7H2,1H3,(H,15,16). The van der Waals surface area contributed by atoms with E-state index in [0.29, 0.717) is 0 Å². The Bertz CT molecular complexity index is 578. The number of hydrogen-bond donors (Lipinski definition) is 1. The Balaban J connectivity index is 2.53. The molecule has 0 saturated heterocycles. The maximum atomic E-state index is 10.7. The Morgan fingerprint density at radius 1 is 1.35 bits per heavy atom. The fourth-order valence-electron chi connectivity index (χ4n) is 1.76. The maximum Gasteiger partial charge on any atom is 0.307 e. The number of methoxy groups -OCH3 is 1. The van der Waals surface area contributed by atoms with Gasteiger partial charge in [-0.25, -0.2) is 0 Å². The highest BCUT2D eigenvalue weighted by Gasteiger charge is 2.07. The Labute approximate surface area is 113 Å². The quantitative estimate of drug-likeness (QED) is 0.872. The summed E-state index contributed by atoms with van der Waals surface area (Å²) >= 11 is 2.23. The molecule has 0 saturated carbocycles. The lowest BCUT2D eigenvalue weighted by molar-refractivity contribution is -0.136. The van der Waals surface area contributed by atoms with Gasteiger partial charge in [-0.15, -0.1) is 0 Å². The van der Waals surface area contributed by atoms with Crippen LogP contribution in [0, 0.1) is 3.57 Å². The summed E-state index contributed by atoms with van der Waals surface area (Å²) in [6.07, 6.45) is 0.0541. The van der Waals surface area contributed by atoms with Gasteiger partial charge >= 0.3 is 5.97 Å². The largest absolute Gasteiger partial charge is 0.496 e. The highest BCUT2D eigenvalue weighted by molar-refractivity contribution is 14.1. The zero-order chi connectivity index (χ0) is 12.4. The molecule has 2 rings (SSSR count). The van der Waals surface area contributed by atoms with Crippen LogP contribution in [0.1, 0.15) is 5.56 Å². The first-order chi connectivity index (χ1) is 8.11. The summed E-state index contributed by atoms with van der Waals surface area (Å²) in [6, 6.07) is 9.54. The lowest BCUT2D eigenvalue weighted by atomic mass is 10.0. The number of carbonyl (C=O) groups is 1. The fourth-order valence-corrected chi connectivity index (χ4v) is 2.65. The molecule has 0 aliphatic heterocycles. The van der Waals surface area contributed by atoms with Crippen molar-refractivity contribution in [1.29, 1.82) is 0 Å². The summed E-state index contributed by atoms with van der Waals surface area (Å²) in [5.74, 6) is 0.0247. The molecule has 0 amide bonds. The third-order valence-corrected chi connectivity index (χ3v) is 3.67. The molecule has 2 aromatic carbocycles. The zero-order valence-corrected chi connectivity index (χ0v) is 11.4. The Morgan fingerprint density at radius 2 is 2.12 bits per heavy atom. The third kappa shape index (κ3) is 2.52. The minimum absolute atomic E-state index is 0.0541. The number of carboxylic acids is 1. The first-order valence-electron chi connectivity index (χ1n) is 5.08. The number of fused-ring (bicyclic) bond motifs is 1. The molecule has 0 unspecified atom stereocenters. The van der Waals surface area contributed by atoms with Crippen LogP contribution in [-0.2, 0) is 11.2 Å². The predicted octanol–water partition coefficient (Wildman–Crippen LogP) is 3.08. The normalized spacial score (nSPS) is 10.5. The van der Waals surface area contributed by atoms with E-state index in [-0.39, 0.29) is 6.42 Å². The van der Waals surface area contributed by atoms with Gasteiger partial charge < -0.3 is 9.84 Å². The van der Waals surface area contributed by atoms with Gasteiger partial charge in [0.1, 0.15) is 5.75 Å². The molecule has 2 aromatic rings. The molecule has 0 fully saturated rings. The van der Waals surface area contributed by atoms with Gasteiger partial charge in [0.2, 0.25) is 0 Å². The Kier molecular flexibility index (Phi) is 3.51. The molecule has 0 radical (unpaired) electrons. The fraction of sp³-hybridized carbons (Fsp3) is 0.154. The van der Waals surface area contributed by atoms with Gasteiger partial charge in [-0.2, -0.15) is 0 Å². The average Bonchev–Trinajstić information content (AvgIpc) is 2.28. The van der Waals surface area contributed by atoms with E-state index in [2.05, 4.69) is 22.6 Å². The summed E-state index contributed by atoms with van der Waals surface area (Å²) in [5.41, 5.74) is 0.811. The van der Waals surface area contributed by atoms with Crippen molar-refractivity contribution in [2.24, 2.45) is 0 Å². The van der Waals surface area contributed by atoms with Crippen LogP contribution in [0.5, 0.6) is 5.75 Å². The molecule has 0 aliphatic carbocycles. The number of halogens is 1. The smallest absolute Gasteiger partial charge is 0.307 e. The molecule has 4 heteroatoms. The van der Waals surface area contributed by atoms with Crippen molar-refractivity contribution in [2.75, 3.05) is 7.11 Å². The van der Waals surface area contributed by atoms with Crippen molar-refractivity contribution in [3.63, 3.8) is 0 Å². The average molecular weight is 342 g/mol. The molecule has 0 heterocycles. The Hall–Kier alpha value is -1.30. The predicted molar refractivity (Wildman–Crippen MR) is 74.6 cm³/mol. The van der Waals surface area contributed by atoms with Crippen LogP contribution in [0.3, 0.4) is 0 Å². The molecule has 0 aliphatic rings. The minimum Gasteiger partial charge on any atom is -0.496 e. The van der Waals surface area contributed by atoms with Crippen LogP contribution in [0.2, 0.25) is 0 Å². The number of aliphatic carboxylic acids is 1. The highest BCUT2D eigenvalue weighted by Crippen LogP contribution is 2.29. The summed E-state index contributed by atoms with van der Waals surface area (Å²) in [7, 11) is 1.64. The lowest BCUT2D eigenvalue weighted by Crippen LogP contribution is -1.99. The summed E-state index contributed by atoms with van der Waals surface area (Å²) in [5, 5.41) is 10.9. The van der Waals surface area contributed by atoms with Gasteiger partial charge in [-0.3, -0.25) is 4.79 Å². The van der Waals surface area contributed by atoms with Crippen molar-refractivity contribution in [3.8, 4) is 5.75 Å². The van der Waals surface area contributed by atoms with E-state index in [1.54, 1.807) is 7.11 Å². The second-order valence-corrected chi connectivity index (χ2v) is 4.79. The maximum absolute atomic E-state index is 10.7. The van der Waals surface area contributed by atoms with Crippen molar-refractivity contribution in [2.45, 2.75) is 6.42 Å². The summed E-state index contributed by atoms with van der Waals surface area (Å²) < 4.78 is 6.29. The zero-order valence-electron chi connectivity index (χ0n) is 9.24. The second-order valence-electron chi connectivity index (χ2n) is 3.71. The van der Waals surface area contributed by atoms with Gasteiger partial charge in [0.05, 0.1) is 17.1 Å². The van der Waals surface area contributed by atoms with Gasteiger partial charge in [-0.05, 0) is 45.0 Å². The summed E-state index contributed by atoms with van der Waals surface area (Å²) in [6.45, 7) is 0. The first-order valence-corrected chi connectivity index (χ1v) is 6.16. The SMILES string of the molecule is COc1ccc2cc(CC(=O)O)ccc2c1I. The van der Waals surface area contributed by atoms with Crippen molar-refractivity contribution < 1.29 is 14.6 Å². The number of ether oxygens (including phenoxy) is 1. The highest BCUT2D eigenvalue weighted by atomic mass is 127. The van der Waals surface area contributed by atoms with Crippen LogP contribution in [0.15, 0.2) is 30.3 Å². The molecule has 17 heavy (non-hydrogen) atoms. The molecule has 1 N–H and O–H groups in total. The van der Waals surface area contributed by atoms with Gasteiger partial charge in [0.25, 0.3) is 0 Å². The molecular weight excluding hydrogens is 331 g/mol. The topological polar surface area (TPSA) is 46.5 Å². The molecule has 3 nitrogen and oxygen atoms in total. The van der Waals surface area contributed by atoms with Crippen molar-refractivity contribution in [3.05, 3.63) is 39.5 Å². The van der Waals surface area contributed by atoms with Crippen molar-refractivity contribution >= 4 is 39.3 Å². The van der Waals surface area contributed by atoms with Crippen LogP contribution in [-0.4, -0.2) is 18.2 Å². The molecule has 0 atom stereocenters. The van der Waals surface area contributed by atoms with Crippen LogP contribution >= 0.6 is 22.6 Å². The first kappa shape index (κ1) is 12.2. The number of rotatable bonds is 3. The van der Waals surface area contributed by atoms with E-state index in [1.165, 1.54) is 0 Å². The van der Waals surface area contributed by atoms with E-state index < -0.39 is 5.97 Å². The van der Waals surface area contributed by atoms with E-state index in [4.69, 9.17) is 9.84 Å². The molecule has 88 valence electrons. The molecule has 0 spiro atoms. The third-order valence-electron chi connectivity index (χ3n) is 2.56. The Morgan fingerprint density at radius 3 is 2.76 bits per heavy atom. The lowest BCUT2D eigenvalue weighted by Gasteiger charge is -2.08. The van der Waals surface area contributed by atoms with Crippen molar-refractivity contribution in [1.82, 2.24) is 0 Å². The minimum atomic E-state index is -0.812. The van der Waals surface area contributed by atoms with Crippen LogP contribution in [0.25, 0.3) is 10.8 Å². The van der Waals surface area contributed by atoms with E-state index in [1.807, 2.05) is 30.3 Å². The van der Waals surface area contributed by atoms with E-state index >= 15 is 0 Å². The molecular formula is C13H11IO3. The molecule has 0 bridgehead atoms.